The molecule has 0 saturated carbocycles. The van der Waals surface area contributed by atoms with Gasteiger partial charge >= 0.3 is 5.97 Å². The van der Waals surface area contributed by atoms with E-state index >= 15 is 0 Å². The largest absolute Gasteiger partial charge is 0.504 e. The Bertz CT molecular complexity index is 419. The van der Waals surface area contributed by atoms with E-state index in [9.17, 15) is 9.90 Å². The van der Waals surface area contributed by atoms with Crippen LogP contribution in [0.2, 0.25) is 0 Å². The average molecular weight is 274 g/mol. The maximum Gasteiger partial charge on any atom is 0.308 e. The minimum Gasteiger partial charge on any atom is -0.504 e. The molecule has 1 aromatic carbocycles. The van der Waals surface area contributed by atoms with Crippen molar-refractivity contribution in [1.29, 1.82) is 0 Å². The van der Waals surface area contributed by atoms with Crippen molar-refractivity contribution in [2.45, 2.75) is 13.0 Å². The lowest BCUT2D eigenvalue weighted by Crippen LogP contribution is -2.34. The Labute approximate surface area is 112 Å². The van der Waals surface area contributed by atoms with E-state index in [0.29, 0.717) is 13.2 Å². The van der Waals surface area contributed by atoms with Crippen molar-refractivity contribution in [3.63, 3.8) is 0 Å². The molecule has 2 rings (SSSR count). The van der Waals surface area contributed by atoms with Gasteiger partial charge in [0.1, 0.15) is 0 Å². The van der Waals surface area contributed by atoms with Gasteiger partial charge < -0.3 is 19.9 Å². The summed E-state index contributed by atoms with van der Waals surface area (Å²) in [5.74, 6) is -0.310. The molecule has 1 fully saturated rings. The second-order valence-corrected chi connectivity index (χ2v) is 3.90. The summed E-state index contributed by atoms with van der Waals surface area (Å²) in [5, 5.41) is 13.0. The van der Waals surface area contributed by atoms with Crippen LogP contribution in [0.1, 0.15) is 18.5 Å². The number of phenols is 1. The maximum absolute atomic E-state index is 10.8. The van der Waals surface area contributed by atoms with Crippen molar-refractivity contribution in [3.05, 3.63) is 23.8 Å². The summed E-state index contributed by atoms with van der Waals surface area (Å²) in [6, 6.07) is 5.05. The minimum absolute atomic E-state index is 0. The molecule has 0 unspecified atom stereocenters. The maximum atomic E-state index is 10.8. The summed E-state index contributed by atoms with van der Waals surface area (Å²) in [6.45, 7) is 3.36. The molecule has 1 aliphatic heterocycles. The number of ether oxygens (including phenoxy) is 2. The summed E-state index contributed by atoms with van der Waals surface area (Å²) >= 11 is 0. The van der Waals surface area contributed by atoms with E-state index < -0.39 is 5.97 Å². The summed E-state index contributed by atoms with van der Waals surface area (Å²) in [6.07, 6.45) is 0. The zero-order chi connectivity index (χ0) is 12.3. The van der Waals surface area contributed by atoms with Gasteiger partial charge in [-0.05, 0) is 17.7 Å². The molecule has 1 atom stereocenters. The SMILES string of the molecule is CC(=O)Oc1ccc([C@H]2COCCN2)cc1O.Cl. The lowest BCUT2D eigenvalue weighted by molar-refractivity contribution is -0.132. The molecule has 0 bridgehead atoms. The van der Waals surface area contributed by atoms with Crippen LogP contribution in [0.15, 0.2) is 18.2 Å². The van der Waals surface area contributed by atoms with E-state index in [2.05, 4.69) is 5.32 Å². The molecule has 100 valence electrons. The monoisotopic (exact) mass is 273 g/mol. The number of hydrogen-bond donors (Lipinski definition) is 2. The molecule has 0 amide bonds. The van der Waals surface area contributed by atoms with Gasteiger partial charge in [-0.15, -0.1) is 12.4 Å². The second kappa shape index (κ2) is 6.58. The third-order valence-electron chi connectivity index (χ3n) is 2.56. The molecule has 1 saturated heterocycles. The average Bonchev–Trinajstić information content (AvgIpc) is 2.32. The Morgan fingerprint density at radius 2 is 2.33 bits per heavy atom. The highest BCUT2D eigenvalue weighted by Crippen LogP contribution is 2.29. The van der Waals surface area contributed by atoms with Gasteiger partial charge in [-0.3, -0.25) is 4.79 Å². The van der Waals surface area contributed by atoms with Crippen molar-refractivity contribution in [2.75, 3.05) is 19.8 Å². The van der Waals surface area contributed by atoms with Gasteiger partial charge in [0.15, 0.2) is 11.5 Å². The number of rotatable bonds is 2. The second-order valence-electron chi connectivity index (χ2n) is 3.90. The number of phenolic OH excluding ortho intramolecular Hbond substituents is 1. The molecule has 0 radical (unpaired) electrons. The van der Waals surface area contributed by atoms with Gasteiger partial charge in [0.2, 0.25) is 0 Å². The third kappa shape index (κ3) is 3.60. The van der Waals surface area contributed by atoms with Gasteiger partial charge in [-0.25, -0.2) is 0 Å². The molecule has 18 heavy (non-hydrogen) atoms. The standard InChI is InChI=1S/C12H15NO4.ClH/c1-8(14)17-12-3-2-9(6-11(12)15)10-7-16-5-4-13-10;/h2-3,6,10,13,15H,4-5,7H2,1H3;1H/t10-;/m1./s1. The van der Waals surface area contributed by atoms with Crippen molar-refractivity contribution < 1.29 is 19.4 Å². The minimum atomic E-state index is -0.452. The molecular formula is C12H16ClNO4. The van der Waals surface area contributed by atoms with Crippen molar-refractivity contribution in [1.82, 2.24) is 5.32 Å². The molecular weight excluding hydrogens is 258 g/mol. The van der Waals surface area contributed by atoms with Crippen molar-refractivity contribution in [2.24, 2.45) is 0 Å². The predicted molar refractivity (Wildman–Crippen MR) is 68.2 cm³/mol. The Morgan fingerprint density at radius 3 is 2.89 bits per heavy atom. The first-order chi connectivity index (χ1) is 8.16. The zero-order valence-electron chi connectivity index (χ0n) is 10.0. The quantitative estimate of drug-likeness (QED) is 0.630. The number of morpholine rings is 1. The fourth-order valence-corrected chi connectivity index (χ4v) is 1.77. The van der Waals surface area contributed by atoms with Crippen molar-refractivity contribution in [3.8, 4) is 11.5 Å². The topological polar surface area (TPSA) is 67.8 Å². The summed E-state index contributed by atoms with van der Waals surface area (Å²) in [7, 11) is 0. The predicted octanol–water partition coefficient (Wildman–Crippen LogP) is 1.40. The molecule has 1 aromatic rings. The number of aromatic hydroxyl groups is 1. The van der Waals surface area contributed by atoms with Crippen LogP contribution >= 0.6 is 12.4 Å². The van der Waals surface area contributed by atoms with E-state index in [4.69, 9.17) is 9.47 Å². The molecule has 0 aromatic heterocycles. The number of esters is 1. The number of benzene rings is 1. The molecule has 0 aliphatic carbocycles. The van der Waals surface area contributed by atoms with E-state index in [0.717, 1.165) is 12.1 Å². The third-order valence-corrected chi connectivity index (χ3v) is 2.56. The normalized spacial score (nSPS) is 18.8. The lowest BCUT2D eigenvalue weighted by atomic mass is 10.1. The fourth-order valence-electron chi connectivity index (χ4n) is 1.77. The van der Waals surface area contributed by atoms with Gasteiger partial charge in [-0.2, -0.15) is 0 Å². The first-order valence-corrected chi connectivity index (χ1v) is 5.49. The molecule has 5 nitrogen and oxygen atoms in total. The Morgan fingerprint density at radius 1 is 1.56 bits per heavy atom. The van der Waals surface area contributed by atoms with Crippen LogP contribution in [0.5, 0.6) is 11.5 Å². The first kappa shape index (κ1) is 14.8. The smallest absolute Gasteiger partial charge is 0.308 e. The summed E-state index contributed by atoms with van der Waals surface area (Å²) in [5.41, 5.74) is 0.915. The van der Waals surface area contributed by atoms with Crippen LogP contribution in [0.25, 0.3) is 0 Å². The number of hydrogen-bond acceptors (Lipinski definition) is 5. The number of halogens is 1. The highest BCUT2D eigenvalue weighted by atomic mass is 35.5. The number of carbonyl (C=O) groups is 1. The van der Waals surface area contributed by atoms with E-state index in [1.807, 2.05) is 6.07 Å². The molecule has 2 N–H and O–H groups in total. The molecule has 6 heteroatoms. The van der Waals surface area contributed by atoms with Crippen LogP contribution in [0.4, 0.5) is 0 Å². The Hall–Kier alpha value is -1.30. The van der Waals surface area contributed by atoms with Gasteiger partial charge in [0.05, 0.1) is 19.3 Å². The highest BCUT2D eigenvalue weighted by Gasteiger charge is 2.17. The van der Waals surface area contributed by atoms with Crippen LogP contribution in [0.3, 0.4) is 0 Å². The zero-order valence-corrected chi connectivity index (χ0v) is 10.8. The fraction of sp³-hybridized carbons (Fsp3) is 0.417. The van der Waals surface area contributed by atoms with Crippen LogP contribution in [-0.2, 0) is 9.53 Å². The van der Waals surface area contributed by atoms with Crippen LogP contribution < -0.4 is 10.1 Å². The van der Waals surface area contributed by atoms with E-state index in [1.165, 1.54) is 6.92 Å². The highest BCUT2D eigenvalue weighted by molar-refractivity contribution is 5.85. The molecule has 1 aliphatic rings. The number of carbonyl (C=O) groups excluding carboxylic acids is 1. The summed E-state index contributed by atoms with van der Waals surface area (Å²) in [4.78, 5) is 10.8. The van der Waals surface area contributed by atoms with E-state index in [-0.39, 0.29) is 29.9 Å². The Balaban J connectivity index is 0.00000162. The lowest BCUT2D eigenvalue weighted by Gasteiger charge is -2.24. The van der Waals surface area contributed by atoms with Gasteiger partial charge in [-0.1, -0.05) is 6.07 Å². The number of nitrogens with one attached hydrogen (secondary N) is 1. The molecule has 1 heterocycles. The van der Waals surface area contributed by atoms with Crippen molar-refractivity contribution >= 4 is 18.4 Å². The summed E-state index contributed by atoms with van der Waals surface area (Å²) < 4.78 is 10.2. The Kier molecular flexibility index (Phi) is 5.40. The van der Waals surface area contributed by atoms with E-state index in [1.54, 1.807) is 12.1 Å². The van der Waals surface area contributed by atoms with Gasteiger partial charge in [0.25, 0.3) is 0 Å². The van der Waals surface area contributed by atoms with Gasteiger partial charge in [0, 0.05) is 13.5 Å². The van der Waals surface area contributed by atoms with Crippen LogP contribution in [-0.4, -0.2) is 30.8 Å². The molecule has 0 spiro atoms. The first-order valence-electron chi connectivity index (χ1n) is 5.49. The van der Waals surface area contributed by atoms with Crippen LogP contribution in [0, 0.1) is 0 Å².